The third kappa shape index (κ3) is 5.02. The van der Waals surface area contributed by atoms with Crippen molar-refractivity contribution in [2.75, 3.05) is 16.8 Å². The zero-order chi connectivity index (χ0) is 18.2. The van der Waals surface area contributed by atoms with E-state index in [2.05, 4.69) is 75.6 Å². The third-order valence-electron chi connectivity index (χ3n) is 4.08. The second-order valence-corrected chi connectivity index (χ2v) is 6.65. The van der Waals surface area contributed by atoms with Crippen molar-refractivity contribution < 1.29 is 0 Å². The highest BCUT2D eigenvalue weighted by molar-refractivity contribution is 5.60. The molecule has 0 aliphatic heterocycles. The summed E-state index contributed by atoms with van der Waals surface area (Å²) in [6, 6.07) is 20.6. The molecule has 5 heteroatoms. The van der Waals surface area contributed by atoms with Gasteiger partial charge in [0.15, 0.2) is 5.82 Å². The minimum absolute atomic E-state index is 0.567. The van der Waals surface area contributed by atoms with Gasteiger partial charge < -0.3 is 10.2 Å². The number of hydrogen-bond donors (Lipinski definition) is 1. The molecule has 134 valence electrons. The van der Waals surface area contributed by atoms with E-state index >= 15 is 0 Å². The van der Waals surface area contributed by atoms with Crippen LogP contribution in [0.3, 0.4) is 0 Å². The largest absolute Gasteiger partial charge is 0.353 e. The van der Waals surface area contributed by atoms with E-state index in [-0.39, 0.29) is 0 Å². The molecule has 0 fully saturated rings. The number of nitrogens with zero attached hydrogens (tertiary/aromatic N) is 4. The summed E-state index contributed by atoms with van der Waals surface area (Å²) in [6.45, 7) is 5.96. The SMILES string of the molecule is CC(C)CCNc1nncc(N(Cc2ccccc2)c2ccccc2)n1. The fraction of sp³-hybridized carbons (Fsp3) is 0.286. The van der Waals surface area contributed by atoms with E-state index in [0.717, 1.165) is 31.0 Å². The van der Waals surface area contributed by atoms with Crippen molar-refractivity contribution >= 4 is 17.5 Å². The highest BCUT2D eigenvalue weighted by Gasteiger charge is 2.13. The molecule has 3 rings (SSSR count). The first-order valence-electron chi connectivity index (χ1n) is 9.02. The summed E-state index contributed by atoms with van der Waals surface area (Å²) in [5.41, 5.74) is 2.29. The highest BCUT2D eigenvalue weighted by Crippen LogP contribution is 2.25. The van der Waals surface area contributed by atoms with Gasteiger partial charge in [-0.3, -0.25) is 0 Å². The van der Waals surface area contributed by atoms with Gasteiger partial charge in [-0.25, -0.2) is 0 Å². The molecule has 0 saturated carbocycles. The van der Waals surface area contributed by atoms with Crippen LogP contribution in [0.25, 0.3) is 0 Å². The topological polar surface area (TPSA) is 53.9 Å². The van der Waals surface area contributed by atoms with Crippen LogP contribution in [0.4, 0.5) is 17.5 Å². The van der Waals surface area contributed by atoms with E-state index in [1.54, 1.807) is 6.20 Å². The van der Waals surface area contributed by atoms with Crippen molar-refractivity contribution in [3.05, 3.63) is 72.4 Å². The van der Waals surface area contributed by atoms with Gasteiger partial charge in [0, 0.05) is 18.8 Å². The van der Waals surface area contributed by atoms with Gasteiger partial charge in [0.05, 0.1) is 6.20 Å². The Morgan fingerprint density at radius 2 is 1.65 bits per heavy atom. The number of hydrogen-bond acceptors (Lipinski definition) is 5. The first-order chi connectivity index (χ1) is 12.7. The van der Waals surface area contributed by atoms with Crippen molar-refractivity contribution in [2.24, 2.45) is 5.92 Å². The Hall–Kier alpha value is -2.95. The molecular formula is C21H25N5. The zero-order valence-corrected chi connectivity index (χ0v) is 15.3. The molecule has 0 aliphatic rings. The third-order valence-corrected chi connectivity index (χ3v) is 4.08. The van der Waals surface area contributed by atoms with Crippen molar-refractivity contribution in [2.45, 2.75) is 26.8 Å². The quantitative estimate of drug-likeness (QED) is 0.642. The van der Waals surface area contributed by atoms with Gasteiger partial charge in [-0.05, 0) is 30.0 Å². The molecular weight excluding hydrogens is 322 g/mol. The summed E-state index contributed by atoms with van der Waals surface area (Å²) in [4.78, 5) is 6.83. The summed E-state index contributed by atoms with van der Waals surface area (Å²) < 4.78 is 0. The first kappa shape index (κ1) is 17.9. The second kappa shape index (κ2) is 8.94. The Morgan fingerprint density at radius 1 is 0.962 bits per heavy atom. The Kier molecular flexibility index (Phi) is 6.14. The standard InChI is InChI=1S/C21H25N5/c1-17(2)13-14-22-21-24-20(15-23-25-21)26(19-11-7-4-8-12-19)16-18-9-5-3-6-10-18/h3-12,15,17H,13-14,16H2,1-2H3,(H,22,24,25). The lowest BCUT2D eigenvalue weighted by molar-refractivity contribution is 0.605. The summed E-state index contributed by atoms with van der Waals surface area (Å²) in [6.07, 6.45) is 2.78. The van der Waals surface area contributed by atoms with Crippen molar-refractivity contribution in [3.63, 3.8) is 0 Å². The average molecular weight is 347 g/mol. The number of anilines is 3. The average Bonchev–Trinajstić information content (AvgIpc) is 2.67. The molecule has 3 aromatic rings. The van der Waals surface area contributed by atoms with Crippen LogP contribution < -0.4 is 10.2 Å². The summed E-state index contributed by atoms with van der Waals surface area (Å²) >= 11 is 0. The predicted octanol–water partition coefficient (Wildman–Crippen LogP) is 4.67. The highest BCUT2D eigenvalue weighted by atomic mass is 15.3. The molecule has 5 nitrogen and oxygen atoms in total. The Morgan fingerprint density at radius 3 is 2.35 bits per heavy atom. The van der Waals surface area contributed by atoms with E-state index in [0.29, 0.717) is 11.9 Å². The molecule has 0 aliphatic carbocycles. The number of benzene rings is 2. The van der Waals surface area contributed by atoms with Crippen LogP contribution in [-0.2, 0) is 6.54 Å². The van der Waals surface area contributed by atoms with Crippen LogP contribution in [-0.4, -0.2) is 21.7 Å². The number of rotatable bonds is 8. The van der Waals surface area contributed by atoms with Crippen LogP contribution in [0.5, 0.6) is 0 Å². The summed E-state index contributed by atoms with van der Waals surface area (Å²) in [7, 11) is 0. The lowest BCUT2D eigenvalue weighted by atomic mass is 10.1. The van der Waals surface area contributed by atoms with Crippen LogP contribution >= 0.6 is 0 Å². The maximum absolute atomic E-state index is 4.68. The van der Waals surface area contributed by atoms with Crippen molar-refractivity contribution in [1.29, 1.82) is 0 Å². The number of para-hydroxylation sites is 1. The minimum atomic E-state index is 0.567. The number of aromatic nitrogens is 3. The smallest absolute Gasteiger partial charge is 0.244 e. The van der Waals surface area contributed by atoms with Gasteiger partial charge in [0.2, 0.25) is 5.95 Å². The molecule has 1 aromatic heterocycles. The van der Waals surface area contributed by atoms with Gasteiger partial charge in [-0.15, -0.1) is 5.10 Å². The zero-order valence-electron chi connectivity index (χ0n) is 15.3. The fourth-order valence-corrected chi connectivity index (χ4v) is 2.65. The first-order valence-corrected chi connectivity index (χ1v) is 9.02. The molecule has 0 saturated heterocycles. The minimum Gasteiger partial charge on any atom is -0.353 e. The maximum atomic E-state index is 4.68. The van der Waals surface area contributed by atoms with Gasteiger partial charge in [-0.1, -0.05) is 62.4 Å². The van der Waals surface area contributed by atoms with Gasteiger partial charge in [-0.2, -0.15) is 10.1 Å². The Labute approximate surface area is 155 Å². The summed E-state index contributed by atoms with van der Waals surface area (Å²) in [5, 5.41) is 11.5. The van der Waals surface area contributed by atoms with Gasteiger partial charge in [0.1, 0.15) is 0 Å². The fourth-order valence-electron chi connectivity index (χ4n) is 2.65. The molecule has 0 bridgehead atoms. The van der Waals surface area contributed by atoms with Crippen molar-refractivity contribution in [1.82, 2.24) is 15.2 Å². The Balaban J connectivity index is 1.84. The molecule has 0 spiro atoms. The molecule has 0 radical (unpaired) electrons. The molecule has 1 N–H and O–H groups in total. The molecule has 26 heavy (non-hydrogen) atoms. The van der Waals surface area contributed by atoms with Crippen LogP contribution in [0, 0.1) is 5.92 Å². The molecule has 0 unspecified atom stereocenters. The maximum Gasteiger partial charge on any atom is 0.244 e. The van der Waals surface area contributed by atoms with Crippen LogP contribution in [0.2, 0.25) is 0 Å². The van der Waals surface area contributed by atoms with Crippen LogP contribution in [0.1, 0.15) is 25.8 Å². The normalized spacial score (nSPS) is 10.7. The van der Waals surface area contributed by atoms with Gasteiger partial charge >= 0.3 is 0 Å². The van der Waals surface area contributed by atoms with Crippen LogP contribution in [0.15, 0.2) is 66.9 Å². The lowest BCUT2D eigenvalue weighted by Crippen LogP contribution is -2.19. The van der Waals surface area contributed by atoms with Gasteiger partial charge in [0.25, 0.3) is 0 Å². The van der Waals surface area contributed by atoms with Crippen molar-refractivity contribution in [3.8, 4) is 0 Å². The van der Waals surface area contributed by atoms with E-state index in [4.69, 9.17) is 0 Å². The molecule has 1 heterocycles. The number of nitrogens with one attached hydrogen (secondary N) is 1. The molecule has 2 aromatic carbocycles. The molecule has 0 atom stereocenters. The lowest BCUT2D eigenvalue weighted by Gasteiger charge is -2.24. The summed E-state index contributed by atoms with van der Waals surface area (Å²) in [5.74, 6) is 1.98. The molecule has 0 amide bonds. The second-order valence-electron chi connectivity index (χ2n) is 6.65. The van der Waals surface area contributed by atoms with E-state index in [9.17, 15) is 0 Å². The van der Waals surface area contributed by atoms with E-state index < -0.39 is 0 Å². The van der Waals surface area contributed by atoms with E-state index in [1.807, 2.05) is 24.3 Å². The Bertz CT molecular complexity index is 790. The monoisotopic (exact) mass is 347 g/mol. The predicted molar refractivity (Wildman–Crippen MR) is 106 cm³/mol. The van der Waals surface area contributed by atoms with E-state index in [1.165, 1.54) is 5.56 Å².